The molecule has 3 heteroatoms. The van der Waals surface area contributed by atoms with Crippen molar-refractivity contribution in [3.8, 4) is 0 Å². The lowest BCUT2D eigenvalue weighted by Crippen LogP contribution is -2.33. The van der Waals surface area contributed by atoms with Crippen LogP contribution in [0.2, 0.25) is 0 Å². The highest BCUT2D eigenvalue weighted by atomic mass is 19.1. The molecule has 22 heavy (non-hydrogen) atoms. The zero-order valence-electron chi connectivity index (χ0n) is 13.3. The van der Waals surface area contributed by atoms with Crippen molar-refractivity contribution in [1.29, 1.82) is 0 Å². The molecule has 0 amide bonds. The van der Waals surface area contributed by atoms with Gasteiger partial charge in [-0.1, -0.05) is 18.2 Å². The number of aryl methyl sites for hydroxylation is 2. The van der Waals surface area contributed by atoms with Gasteiger partial charge in [-0.25, -0.2) is 4.39 Å². The third kappa shape index (κ3) is 2.80. The van der Waals surface area contributed by atoms with Crippen molar-refractivity contribution in [2.75, 3.05) is 23.7 Å². The fourth-order valence-electron chi connectivity index (χ4n) is 3.39. The monoisotopic (exact) mass is 298 g/mol. The Labute approximate surface area is 131 Å². The molecule has 0 unspecified atom stereocenters. The van der Waals surface area contributed by atoms with Crippen molar-refractivity contribution < 1.29 is 4.39 Å². The molecule has 2 nitrogen and oxygen atoms in total. The molecule has 1 aliphatic heterocycles. The van der Waals surface area contributed by atoms with Crippen molar-refractivity contribution in [2.45, 2.75) is 32.6 Å². The highest BCUT2D eigenvalue weighted by Gasteiger charge is 2.23. The first kappa shape index (κ1) is 14.9. The number of hydrogen-bond acceptors (Lipinski definition) is 2. The van der Waals surface area contributed by atoms with Crippen LogP contribution in [0.3, 0.4) is 0 Å². The summed E-state index contributed by atoms with van der Waals surface area (Å²) in [6, 6.07) is 11.5. The fraction of sp³-hybridized carbons (Fsp3) is 0.368. The summed E-state index contributed by atoms with van der Waals surface area (Å²) in [5, 5.41) is 0. The lowest BCUT2D eigenvalue weighted by atomic mass is 9.89. The predicted octanol–water partition coefficient (Wildman–Crippen LogP) is 4.41. The average Bonchev–Trinajstić information content (AvgIpc) is 2.53. The SMILES string of the molecule is Cc1cc(N2CCC(c3ccccc3F)CC2)cc(C)c1N. The number of nitrogens with two attached hydrogens (primary N) is 1. The summed E-state index contributed by atoms with van der Waals surface area (Å²) in [7, 11) is 0. The molecule has 2 aromatic rings. The smallest absolute Gasteiger partial charge is 0.126 e. The van der Waals surface area contributed by atoms with Crippen molar-refractivity contribution in [2.24, 2.45) is 0 Å². The molecule has 0 aromatic heterocycles. The van der Waals surface area contributed by atoms with Crippen LogP contribution in [0, 0.1) is 19.7 Å². The van der Waals surface area contributed by atoms with Gasteiger partial charge in [-0.05, 0) is 67.5 Å². The van der Waals surface area contributed by atoms with Gasteiger partial charge < -0.3 is 10.6 Å². The van der Waals surface area contributed by atoms with E-state index in [9.17, 15) is 4.39 Å². The first-order valence-corrected chi connectivity index (χ1v) is 7.92. The minimum atomic E-state index is -0.0693. The van der Waals surface area contributed by atoms with Crippen molar-refractivity contribution >= 4 is 11.4 Å². The Morgan fingerprint density at radius 3 is 2.23 bits per heavy atom. The van der Waals surface area contributed by atoms with Crippen LogP contribution in [0.15, 0.2) is 36.4 Å². The quantitative estimate of drug-likeness (QED) is 0.832. The number of nitrogens with zero attached hydrogens (tertiary/aromatic N) is 1. The summed E-state index contributed by atoms with van der Waals surface area (Å²) >= 11 is 0. The third-order valence-corrected chi connectivity index (χ3v) is 4.78. The van der Waals surface area contributed by atoms with Gasteiger partial charge in [0.05, 0.1) is 0 Å². The molecule has 3 rings (SSSR count). The Hall–Kier alpha value is -2.03. The number of hydrogen-bond donors (Lipinski definition) is 1. The molecule has 116 valence electrons. The third-order valence-electron chi connectivity index (χ3n) is 4.78. The maximum absolute atomic E-state index is 13.9. The van der Waals surface area contributed by atoms with Crippen molar-refractivity contribution in [3.63, 3.8) is 0 Å². The van der Waals surface area contributed by atoms with Gasteiger partial charge in [0, 0.05) is 24.5 Å². The molecule has 0 atom stereocenters. The zero-order valence-corrected chi connectivity index (χ0v) is 13.3. The molecule has 2 N–H and O–H groups in total. The molecular weight excluding hydrogens is 275 g/mol. The Morgan fingerprint density at radius 2 is 1.64 bits per heavy atom. The van der Waals surface area contributed by atoms with E-state index in [1.165, 1.54) is 5.69 Å². The Balaban J connectivity index is 1.73. The fourth-order valence-corrected chi connectivity index (χ4v) is 3.39. The van der Waals surface area contributed by atoms with Crippen LogP contribution in [-0.2, 0) is 0 Å². The number of nitrogen functional groups attached to an aromatic ring is 1. The summed E-state index contributed by atoms with van der Waals surface area (Å²) in [5.41, 5.74) is 11.3. The second kappa shape index (κ2) is 5.99. The first-order chi connectivity index (χ1) is 10.6. The van der Waals surface area contributed by atoms with E-state index in [0.29, 0.717) is 5.92 Å². The predicted molar refractivity (Wildman–Crippen MR) is 90.9 cm³/mol. The maximum atomic E-state index is 13.9. The van der Waals surface area contributed by atoms with Gasteiger partial charge >= 0.3 is 0 Å². The molecule has 0 aliphatic carbocycles. The summed E-state index contributed by atoms with van der Waals surface area (Å²) in [5.74, 6) is 0.258. The van der Waals surface area contributed by atoms with E-state index >= 15 is 0 Å². The lowest BCUT2D eigenvalue weighted by molar-refractivity contribution is 0.482. The Bertz CT molecular complexity index is 650. The van der Waals surface area contributed by atoms with Gasteiger partial charge in [0.1, 0.15) is 5.82 Å². The van der Waals surface area contributed by atoms with Crippen molar-refractivity contribution in [3.05, 3.63) is 58.9 Å². The van der Waals surface area contributed by atoms with E-state index in [0.717, 1.165) is 48.3 Å². The van der Waals surface area contributed by atoms with E-state index in [1.54, 1.807) is 12.1 Å². The van der Waals surface area contributed by atoms with Crippen LogP contribution < -0.4 is 10.6 Å². The van der Waals surface area contributed by atoms with Gasteiger partial charge in [-0.3, -0.25) is 0 Å². The number of halogens is 1. The van der Waals surface area contributed by atoms with Crippen LogP contribution in [0.1, 0.15) is 35.4 Å². The summed E-state index contributed by atoms with van der Waals surface area (Å²) < 4.78 is 13.9. The van der Waals surface area contributed by atoms with Crippen LogP contribution in [0.25, 0.3) is 0 Å². The molecule has 2 aromatic carbocycles. The van der Waals surface area contributed by atoms with E-state index in [4.69, 9.17) is 5.73 Å². The van der Waals surface area contributed by atoms with Crippen molar-refractivity contribution in [1.82, 2.24) is 0 Å². The molecule has 0 spiro atoms. The van der Waals surface area contributed by atoms with Crippen LogP contribution in [0.5, 0.6) is 0 Å². The normalized spacial score (nSPS) is 16.0. The number of benzene rings is 2. The second-order valence-electron chi connectivity index (χ2n) is 6.28. The van der Waals surface area contributed by atoms with Crippen LogP contribution >= 0.6 is 0 Å². The van der Waals surface area contributed by atoms with E-state index in [2.05, 4.69) is 30.9 Å². The Kier molecular flexibility index (Phi) is 4.06. The van der Waals surface area contributed by atoms with E-state index < -0.39 is 0 Å². The lowest BCUT2D eigenvalue weighted by Gasteiger charge is -2.34. The molecule has 1 heterocycles. The zero-order chi connectivity index (χ0) is 15.7. The maximum Gasteiger partial charge on any atom is 0.126 e. The molecule has 1 fully saturated rings. The highest BCUT2D eigenvalue weighted by Crippen LogP contribution is 2.33. The minimum Gasteiger partial charge on any atom is -0.398 e. The van der Waals surface area contributed by atoms with Gasteiger partial charge in [0.25, 0.3) is 0 Å². The number of anilines is 2. The molecular formula is C19H23FN2. The Morgan fingerprint density at radius 1 is 1.05 bits per heavy atom. The van der Waals surface area contributed by atoms with Crippen LogP contribution in [0.4, 0.5) is 15.8 Å². The largest absolute Gasteiger partial charge is 0.398 e. The number of piperidine rings is 1. The van der Waals surface area contributed by atoms with Gasteiger partial charge in [-0.2, -0.15) is 0 Å². The van der Waals surface area contributed by atoms with E-state index in [-0.39, 0.29) is 5.82 Å². The molecule has 1 aliphatic rings. The average molecular weight is 298 g/mol. The van der Waals surface area contributed by atoms with E-state index in [1.807, 2.05) is 12.1 Å². The molecule has 0 bridgehead atoms. The van der Waals surface area contributed by atoms with Crippen LogP contribution in [-0.4, -0.2) is 13.1 Å². The summed E-state index contributed by atoms with van der Waals surface area (Å²) in [6.45, 7) is 6.03. The van der Waals surface area contributed by atoms with Gasteiger partial charge in [0.2, 0.25) is 0 Å². The second-order valence-corrected chi connectivity index (χ2v) is 6.28. The van der Waals surface area contributed by atoms with Gasteiger partial charge in [0.15, 0.2) is 0 Å². The number of rotatable bonds is 2. The standard InChI is InChI=1S/C19H23FN2/c1-13-11-16(12-14(2)19(13)21)22-9-7-15(8-10-22)17-5-3-4-6-18(17)20/h3-6,11-12,15H,7-10,21H2,1-2H3. The minimum absolute atomic E-state index is 0.0693. The molecule has 1 saturated heterocycles. The molecule has 0 radical (unpaired) electrons. The summed E-state index contributed by atoms with van der Waals surface area (Å²) in [4.78, 5) is 2.39. The summed E-state index contributed by atoms with van der Waals surface area (Å²) in [6.07, 6.45) is 1.98. The molecule has 0 saturated carbocycles. The highest BCUT2D eigenvalue weighted by molar-refractivity contribution is 5.63. The topological polar surface area (TPSA) is 29.3 Å². The van der Waals surface area contributed by atoms with Gasteiger partial charge in [-0.15, -0.1) is 0 Å². The first-order valence-electron chi connectivity index (χ1n) is 7.92.